The maximum absolute atomic E-state index is 9.85. The summed E-state index contributed by atoms with van der Waals surface area (Å²) >= 11 is 0. The molecule has 1 rings (SSSR count). The lowest BCUT2D eigenvalue weighted by molar-refractivity contribution is -0.255. The van der Waals surface area contributed by atoms with Gasteiger partial charge in [0.1, 0.15) is 0 Å². The Labute approximate surface area is 84.5 Å². The molecule has 0 N–H and O–H groups in total. The molecule has 0 saturated heterocycles. The molecule has 82 valence electrons. The van der Waals surface area contributed by atoms with E-state index in [1.807, 2.05) is 0 Å². The van der Waals surface area contributed by atoms with E-state index in [0.717, 1.165) is 13.8 Å². The molecule has 0 amide bonds. The summed E-state index contributed by atoms with van der Waals surface area (Å²) < 4.78 is 0. The van der Waals surface area contributed by atoms with Gasteiger partial charge in [0.2, 0.25) is 0 Å². The Morgan fingerprint density at radius 1 is 0.714 bits per heavy atom. The van der Waals surface area contributed by atoms with Gasteiger partial charge in [-0.05, 0) is 0 Å². The lowest BCUT2D eigenvalue weighted by Gasteiger charge is -2.05. The van der Waals surface area contributed by atoms with Crippen LogP contribution in [0.15, 0.2) is 0 Å². The van der Waals surface area contributed by atoms with E-state index >= 15 is 0 Å². The fraction of sp³-hybridized carbons (Fsp3) is 0.800. The van der Waals surface area contributed by atoms with Crippen LogP contribution in [0.25, 0.3) is 0 Å². The summed E-state index contributed by atoms with van der Waals surface area (Å²) in [5.74, 6) is -1.28. The van der Waals surface area contributed by atoms with Crippen molar-refractivity contribution in [1.29, 1.82) is 0 Å². The summed E-state index contributed by atoms with van der Waals surface area (Å²) in [4.78, 5) is 27.3. The van der Waals surface area contributed by atoms with Gasteiger partial charge < -0.3 is 0 Å². The van der Waals surface area contributed by atoms with Crippen molar-refractivity contribution < 1.29 is 19.4 Å². The Morgan fingerprint density at radius 2 is 0.929 bits per heavy atom. The summed E-state index contributed by atoms with van der Waals surface area (Å²) in [5.41, 5.74) is 0. The van der Waals surface area contributed by atoms with E-state index in [1.165, 1.54) is 38.5 Å². The van der Waals surface area contributed by atoms with Crippen LogP contribution in [-0.2, 0) is 19.4 Å². The van der Waals surface area contributed by atoms with E-state index in [1.54, 1.807) is 0 Å². The SMILES string of the molecule is C1CCCCC1.CC(=O)OOC(C)=O. The second-order valence-electron chi connectivity index (χ2n) is 3.27. The van der Waals surface area contributed by atoms with Gasteiger partial charge in [0.15, 0.2) is 0 Å². The van der Waals surface area contributed by atoms with Crippen molar-refractivity contribution in [3.05, 3.63) is 0 Å². The highest BCUT2D eigenvalue weighted by atomic mass is 17.2. The number of rotatable bonds is 0. The van der Waals surface area contributed by atoms with Gasteiger partial charge in [0, 0.05) is 13.8 Å². The van der Waals surface area contributed by atoms with Crippen molar-refractivity contribution in [2.75, 3.05) is 0 Å². The maximum atomic E-state index is 9.85. The highest BCUT2D eigenvalue weighted by Crippen LogP contribution is 2.15. The van der Waals surface area contributed by atoms with Crippen LogP contribution < -0.4 is 0 Å². The first-order chi connectivity index (χ1) is 6.63. The maximum Gasteiger partial charge on any atom is 0.352 e. The minimum absolute atomic E-state index is 0.639. The van der Waals surface area contributed by atoms with Crippen molar-refractivity contribution in [2.24, 2.45) is 0 Å². The monoisotopic (exact) mass is 202 g/mol. The molecular formula is C10H18O4. The summed E-state index contributed by atoms with van der Waals surface area (Å²) in [5, 5.41) is 0. The van der Waals surface area contributed by atoms with Crippen molar-refractivity contribution in [3.63, 3.8) is 0 Å². The molecular weight excluding hydrogens is 184 g/mol. The lowest BCUT2D eigenvalue weighted by Crippen LogP contribution is -2.03. The van der Waals surface area contributed by atoms with Crippen LogP contribution in [0.5, 0.6) is 0 Å². The zero-order chi connectivity index (χ0) is 10.8. The van der Waals surface area contributed by atoms with E-state index in [9.17, 15) is 9.59 Å². The van der Waals surface area contributed by atoms with Crippen LogP contribution in [0.2, 0.25) is 0 Å². The van der Waals surface area contributed by atoms with Crippen molar-refractivity contribution in [2.45, 2.75) is 52.4 Å². The third kappa shape index (κ3) is 10.9. The van der Waals surface area contributed by atoms with Crippen molar-refractivity contribution >= 4 is 11.9 Å². The molecule has 1 aliphatic rings. The van der Waals surface area contributed by atoms with Crippen LogP contribution >= 0.6 is 0 Å². The lowest BCUT2D eigenvalue weighted by atomic mass is 10.0. The molecule has 0 heterocycles. The molecule has 0 unspecified atom stereocenters. The zero-order valence-electron chi connectivity index (χ0n) is 8.88. The predicted octanol–water partition coefficient (Wildman–Crippen LogP) is 2.37. The average molecular weight is 202 g/mol. The Kier molecular flexibility index (Phi) is 7.89. The molecule has 14 heavy (non-hydrogen) atoms. The van der Waals surface area contributed by atoms with Gasteiger partial charge in [-0.25, -0.2) is 19.4 Å². The quantitative estimate of drug-likeness (QED) is 0.447. The number of carbonyl (C=O) groups is 2. The summed E-state index contributed by atoms with van der Waals surface area (Å²) in [7, 11) is 0. The van der Waals surface area contributed by atoms with Gasteiger partial charge in [-0.2, -0.15) is 0 Å². The molecule has 0 bridgehead atoms. The van der Waals surface area contributed by atoms with Gasteiger partial charge >= 0.3 is 11.9 Å². The van der Waals surface area contributed by atoms with Crippen LogP contribution in [0.1, 0.15) is 52.4 Å². The number of carbonyl (C=O) groups excluding carboxylic acids is 2. The number of hydrogen-bond donors (Lipinski definition) is 0. The molecule has 0 aromatic carbocycles. The highest BCUT2D eigenvalue weighted by molar-refractivity contribution is 5.69. The topological polar surface area (TPSA) is 52.6 Å². The Balaban J connectivity index is 0.000000249. The van der Waals surface area contributed by atoms with E-state index < -0.39 is 11.9 Å². The summed E-state index contributed by atoms with van der Waals surface area (Å²) in [6.45, 7) is 2.28. The van der Waals surface area contributed by atoms with Crippen LogP contribution in [0, 0.1) is 0 Å². The van der Waals surface area contributed by atoms with Gasteiger partial charge in [-0.15, -0.1) is 0 Å². The second-order valence-corrected chi connectivity index (χ2v) is 3.27. The van der Waals surface area contributed by atoms with Crippen LogP contribution in [-0.4, -0.2) is 11.9 Å². The Bertz CT molecular complexity index is 147. The molecule has 1 saturated carbocycles. The molecule has 0 atom stereocenters. The van der Waals surface area contributed by atoms with Gasteiger partial charge in [0.25, 0.3) is 0 Å². The summed E-state index contributed by atoms with van der Waals surface area (Å²) in [6, 6.07) is 0. The van der Waals surface area contributed by atoms with Crippen LogP contribution in [0.3, 0.4) is 0 Å². The van der Waals surface area contributed by atoms with E-state index in [0.29, 0.717) is 0 Å². The molecule has 0 spiro atoms. The smallest absolute Gasteiger partial charge is 0.248 e. The molecule has 0 aliphatic heterocycles. The van der Waals surface area contributed by atoms with Gasteiger partial charge in [-0.1, -0.05) is 38.5 Å². The molecule has 1 aliphatic carbocycles. The van der Waals surface area contributed by atoms with Crippen molar-refractivity contribution in [3.8, 4) is 0 Å². The minimum Gasteiger partial charge on any atom is -0.248 e. The molecule has 0 aromatic rings. The molecule has 1 fully saturated rings. The normalized spacial score (nSPS) is 14.7. The molecule has 0 aromatic heterocycles. The predicted molar refractivity (Wildman–Crippen MR) is 51.2 cm³/mol. The first kappa shape index (κ1) is 12.9. The Morgan fingerprint density at radius 3 is 1.07 bits per heavy atom. The third-order valence-electron chi connectivity index (χ3n) is 1.78. The standard InChI is InChI=1S/C6H12.C4H6O4/c1-2-4-6-5-3-1;1-3(5)7-8-4(2)6/h1-6H2;1-2H3. The third-order valence-corrected chi connectivity index (χ3v) is 1.78. The first-order valence-electron chi connectivity index (χ1n) is 4.98. The van der Waals surface area contributed by atoms with E-state index in [4.69, 9.17) is 0 Å². The minimum atomic E-state index is -0.639. The molecule has 4 heteroatoms. The molecule has 4 nitrogen and oxygen atoms in total. The van der Waals surface area contributed by atoms with E-state index in [2.05, 4.69) is 9.78 Å². The van der Waals surface area contributed by atoms with Crippen molar-refractivity contribution in [1.82, 2.24) is 0 Å². The average Bonchev–Trinajstić information content (AvgIpc) is 2.18. The largest absolute Gasteiger partial charge is 0.352 e. The fourth-order valence-electron chi connectivity index (χ4n) is 1.18. The first-order valence-corrected chi connectivity index (χ1v) is 4.98. The number of hydrogen-bond acceptors (Lipinski definition) is 4. The summed E-state index contributed by atoms with van der Waals surface area (Å²) in [6.07, 6.45) is 9.00. The van der Waals surface area contributed by atoms with Gasteiger partial charge in [0.05, 0.1) is 0 Å². The molecule has 0 radical (unpaired) electrons. The fourth-order valence-corrected chi connectivity index (χ4v) is 1.18. The van der Waals surface area contributed by atoms with Gasteiger partial charge in [-0.3, -0.25) is 0 Å². The van der Waals surface area contributed by atoms with Crippen LogP contribution in [0.4, 0.5) is 0 Å². The Hall–Kier alpha value is -1.06. The second kappa shape index (κ2) is 8.53. The van der Waals surface area contributed by atoms with E-state index in [-0.39, 0.29) is 0 Å². The zero-order valence-corrected chi connectivity index (χ0v) is 8.88. The highest BCUT2D eigenvalue weighted by Gasteiger charge is 1.96.